The maximum atomic E-state index is 13.5. The van der Waals surface area contributed by atoms with Crippen molar-refractivity contribution >= 4 is 23.4 Å². The molecule has 1 nitrogen and oxygen atoms in total. The Kier molecular flexibility index (Phi) is 6.17. The van der Waals surface area contributed by atoms with Gasteiger partial charge in [-0.25, -0.2) is 4.39 Å². The quantitative estimate of drug-likeness (QED) is 0.792. The predicted octanol–water partition coefficient (Wildman–Crippen LogP) is 3.53. The molecule has 0 bridgehead atoms. The van der Waals surface area contributed by atoms with E-state index in [1.165, 1.54) is 6.07 Å². The van der Waals surface area contributed by atoms with Gasteiger partial charge in [-0.15, -0.1) is 0 Å². The summed E-state index contributed by atoms with van der Waals surface area (Å²) in [6, 6.07) is 4.88. The SMILES string of the molecule is CCCSCC(O)Cc1cccc(Cl)c1F. The molecule has 1 aromatic rings. The molecule has 0 spiro atoms. The Balaban J connectivity index is 2.49. The van der Waals surface area contributed by atoms with Crippen LogP contribution in [0.3, 0.4) is 0 Å². The van der Waals surface area contributed by atoms with Gasteiger partial charge in [-0.1, -0.05) is 30.7 Å². The summed E-state index contributed by atoms with van der Waals surface area (Å²) in [5, 5.41) is 9.83. The van der Waals surface area contributed by atoms with Gasteiger partial charge in [-0.2, -0.15) is 11.8 Å². The largest absolute Gasteiger partial charge is 0.392 e. The lowest BCUT2D eigenvalue weighted by molar-refractivity contribution is 0.199. The number of benzene rings is 1. The van der Waals surface area contributed by atoms with Crippen molar-refractivity contribution in [1.82, 2.24) is 0 Å². The standard InChI is InChI=1S/C12H16ClFOS/c1-2-6-16-8-10(15)7-9-4-3-5-11(13)12(9)14/h3-5,10,15H,2,6-8H2,1H3. The monoisotopic (exact) mass is 262 g/mol. The van der Waals surface area contributed by atoms with Crippen molar-refractivity contribution in [3.05, 3.63) is 34.6 Å². The fourth-order valence-electron chi connectivity index (χ4n) is 1.38. The van der Waals surface area contributed by atoms with Crippen LogP contribution >= 0.6 is 23.4 Å². The molecule has 90 valence electrons. The Labute approximate surface area is 105 Å². The van der Waals surface area contributed by atoms with Crippen LogP contribution in [0.2, 0.25) is 5.02 Å². The zero-order chi connectivity index (χ0) is 12.0. The third kappa shape index (κ3) is 4.32. The van der Waals surface area contributed by atoms with Crippen molar-refractivity contribution in [2.75, 3.05) is 11.5 Å². The van der Waals surface area contributed by atoms with Crippen LogP contribution in [0.4, 0.5) is 4.39 Å². The maximum Gasteiger partial charge on any atom is 0.145 e. The molecular formula is C12H16ClFOS. The van der Waals surface area contributed by atoms with Crippen molar-refractivity contribution in [1.29, 1.82) is 0 Å². The molecule has 0 heterocycles. The second kappa shape index (κ2) is 7.15. The summed E-state index contributed by atoms with van der Waals surface area (Å²) in [4.78, 5) is 0. The number of halogens is 2. The van der Waals surface area contributed by atoms with Gasteiger partial charge < -0.3 is 5.11 Å². The first-order chi connectivity index (χ1) is 7.65. The van der Waals surface area contributed by atoms with E-state index in [2.05, 4.69) is 6.92 Å². The summed E-state index contributed by atoms with van der Waals surface area (Å²) in [7, 11) is 0. The molecular weight excluding hydrogens is 247 g/mol. The predicted molar refractivity (Wildman–Crippen MR) is 68.7 cm³/mol. The number of hydrogen-bond donors (Lipinski definition) is 1. The van der Waals surface area contributed by atoms with Gasteiger partial charge in [0.2, 0.25) is 0 Å². The minimum atomic E-state index is -0.510. The van der Waals surface area contributed by atoms with E-state index in [4.69, 9.17) is 11.6 Å². The van der Waals surface area contributed by atoms with E-state index in [9.17, 15) is 9.50 Å². The van der Waals surface area contributed by atoms with Gasteiger partial charge in [0.15, 0.2) is 0 Å². The van der Waals surface area contributed by atoms with Gasteiger partial charge >= 0.3 is 0 Å². The molecule has 1 aromatic carbocycles. The van der Waals surface area contributed by atoms with Gasteiger partial charge in [0.05, 0.1) is 11.1 Å². The van der Waals surface area contributed by atoms with E-state index in [-0.39, 0.29) is 5.02 Å². The van der Waals surface area contributed by atoms with Gasteiger partial charge in [-0.05, 0) is 23.8 Å². The van der Waals surface area contributed by atoms with Crippen molar-refractivity contribution in [2.45, 2.75) is 25.9 Å². The summed E-state index contributed by atoms with van der Waals surface area (Å²) in [5.74, 6) is 1.25. The first kappa shape index (κ1) is 13.8. The van der Waals surface area contributed by atoms with E-state index in [0.29, 0.717) is 17.7 Å². The molecule has 0 aliphatic heterocycles. The fraction of sp³-hybridized carbons (Fsp3) is 0.500. The highest BCUT2D eigenvalue weighted by Crippen LogP contribution is 2.19. The molecule has 0 saturated carbocycles. The third-order valence-corrected chi connectivity index (χ3v) is 3.76. The van der Waals surface area contributed by atoms with Gasteiger partial charge in [0.25, 0.3) is 0 Å². The zero-order valence-corrected chi connectivity index (χ0v) is 10.8. The molecule has 0 amide bonds. The molecule has 0 fully saturated rings. The van der Waals surface area contributed by atoms with E-state index in [0.717, 1.165) is 12.2 Å². The highest BCUT2D eigenvalue weighted by molar-refractivity contribution is 7.99. The van der Waals surface area contributed by atoms with Crippen molar-refractivity contribution in [2.24, 2.45) is 0 Å². The summed E-state index contributed by atoms with van der Waals surface area (Å²) in [5.41, 5.74) is 0.483. The summed E-state index contributed by atoms with van der Waals surface area (Å²) < 4.78 is 13.5. The second-order valence-corrected chi connectivity index (χ2v) is 5.20. The van der Waals surface area contributed by atoms with E-state index >= 15 is 0 Å². The van der Waals surface area contributed by atoms with E-state index in [1.807, 2.05) is 0 Å². The maximum absolute atomic E-state index is 13.5. The van der Waals surface area contributed by atoms with Crippen LogP contribution in [0, 0.1) is 5.82 Å². The molecule has 0 aliphatic carbocycles. The minimum absolute atomic E-state index is 0.117. The number of aliphatic hydroxyl groups is 1. The lowest BCUT2D eigenvalue weighted by Crippen LogP contribution is -2.14. The molecule has 1 atom stereocenters. The van der Waals surface area contributed by atoms with Crippen LogP contribution in [-0.4, -0.2) is 22.7 Å². The van der Waals surface area contributed by atoms with Crippen LogP contribution in [-0.2, 0) is 6.42 Å². The summed E-state index contributed by atoms with van der Waals surface area (Å²) >= 11 is 7.35. The average molecular weight is 263 g/mol. The Hall–Kier alpha value is -0.250. The Morgan fingerprint density at radius 1 is 1.50 bits per heavy atom. The number of rotatable bonds is 6. The Morgan fingerprint density at radius 3 is 2.94 bits per heavy atom. The molecule has 0 aliphatic rings. The highest BCUT2D eigenvalue weighted by atomic mass is 35.5. The van der Waals surface area contributed by atoms with Crippen LogP contribution in [0.15, 0.2) is 18.2 Å². The molecule has 1 rings (SSSR count). The number of hydrogen-bond acceptors (Lipinski definition) is 2. The number of thioether (sulfide) groups is 1. The van der Waals surface area contributed by atoms with Crippen molar-refractivity contribution < 1.29 is 9.50 Å². The van der Waals surface area contributed by atoms with Crippen molar-refractivity contribution in [3.8, 4) is 0 Å². The highest BCUT2D eigenvalue weighted by Gasteiger charge is 2.11. The number of aliphatic hydroxyl groups excluding tert-OH is 1. The van der Waals surface area contributed by atoms with Gasteiger partial charge in [-0.3, -0.25) is 0 Å². The lowest BCUT2D eigenvalue weighted by atomic mass is 10.1. The van der Waals surface area contributed by atoms with Gasteiger partial charge in [0, 0.05) is 12.2 Å². The van der Waals surface area contributed by atoms with E-state index in [1.54, 1.807) is 23.9 Å². The molecule has 0 saturated heterocycles. The molecule has 0 aromatic heterocycles. The van der Waals surface area contributed by atoms with Crippen LogP contribution in [0.25, 0.3) is 0 Å². The average Bonchev–Trinajstić information content (AvgIpc) is 2.25. The van der Waals surface area contributed by atoms with Crippen LogP contribution in [0.5, 0.6) is 0 Å². The fourth-order valence-corrected chi connectivity index (χ4v) is 2.42. The molecule has 4 heteroatoms. The minimum Gasteiger partial charge on any atom is -0.392 e. The molecule has 1 unspecified atom stereocenters. The van der Waals surface area contributed by atoms with Gasteiger partial charge in [0.1, 0.15) is 5.82 Å². The summed E-state index contributed by atoms with van der Waals surface area (Å²) in [6.07, 6.45) is 0.899. The zero-order valence-electron chi connectivity index (χ0n) is 9.25. The molecule has 0 radical (unpaired) electrons. The normalized spacial score (nSPS) is 12.8. The molecule has 1 N–H and O–H groups in total. The third-order valence-electron chi connectivity index (χ3n) is 2.15. The summed E-state index contributed by atoms with van der Waals surface area (Å²) in [6.45, 7) is 2.09. The molecule has 16 heavy (non-hydrogen) atoms. The van der Waals surface area contributed by atoms with Crippen LogP contribution in [0.1, 0.15) is 18.9 Å². The smallest absolute Gasteiger partial charge is 0.145 e. The first-order valence-electron chi connectivity index (χ1n) is 5.33. The topological polar surface area (TPSA) is 20.2 Å². The van der Waals surface area contributed by atoms with Crippen LogP contribution < -0.4 is 0 Å². The first-order valence-corrected chi connectivity index (χ1v) is 6.87. The second-order valence-electron chi connectivity index (χ2n) is 3.65. The van der Waals surface area contributed by atoms with E-state index < -0.39 is 11.9 Å². The Bertz CT molecular complexity index is 333. The Morgan fingerprint density at radius 2 is 2.25 bits per heavy atom. The van der Waals surface area contributed by atoms with Crippen molar-refractivity contribution in [3.63, 3.8) is 0 Å². The lowest BCUT2D eigenvalue weighted by Gasteiger charge is -2.11.